The minimum atomic E-state index is -0.253. The Morgan fingerprint density at radius 2 is 1.70 bits per heavy atom. The van der Waals surface area contributed by atoms with Crippen LogP contribution in [0.1, 0.15) is 43.1 Å². The molecule has 4 rings (SSSR count). The number of H-pyrrole nitrogens is 1. The van der Waals surface area contributed by atoms with Crippen LogP contribution in [0.5, 0.6) is 0 Å². The minimum absolute atomic E-state index is 0.0441. The molecule has 1 aliphatic rings. The van der Waals surface area contributed by atoms with E-state index in [0.29, 0.717) is 30.5 Å². The molecule has 1 aliphatic carbocycles. The molecule has 4 N–H and O–H groups in total. The summed E-state index contributed by atoms with van der Waals surface area (Å²) in [6.45, 7) is 0.714. The van der Waals surface area contributed by atoms with Crippen molar-refractivity contribution in [1.82, 2.24) is 20.5 Å². The largest absolute Gasteiger partial charge is 0.346 e. The quantitative estimate of drug-likeness (QED) is 0.561. The summed E-state index contributed by atoms with van der Waals surface area (Å²) in [6, 6.07) is 19.8. The molecule has 156 valence electrons. The van der Waals surface area contributed by atoms with Crippen molar-refractivity contribution in [2.24, 2.45) is 17.6 Å². The SMILES string of the molecule is NCC1CCC(C(=O)NC(Cc2ccccc2)c2nc(-c3ccccc3)n[nH]2)CC1. The monoisotopic (exact) mass is 403 g/mol. The Bertz CT molecular complexity index is 932. The van der Waals surface area contributed by atoms with E-state index in [1.54, 1.807) is 0 Å². The van der Waals surface area contributed by atoms with Gasteiger partial charge in [0.1, 0.15) is 5.82 Å². The predicted octanol–water partition coefficient (Wildman–Crippen LogP) is 3.64. The van der Waals surface area contributed by atoms with Crippen LogP contribution in [0.2, 0.25) is 0 Å². The molecule has 2 aromatic carbocycles. The Morgan fingerprint density at radius 3 is 2.37 bits per heavy atom. The van der Waals surface area contributed by atoms with Gasteiger partial charge in [-0.25, -0.2) is 4.98 Å². The van der Waals surface area contributed by atoms with E-state index in [2.05, 4.69) is 27.6 Å². The highest BCUT2D eigenvalue weighted by atomic mass is 16.2. The van der Waals surface area contributed by atoms with Crippen LogP contribution in [-0.2, 0) is 11.2 Å². The number of amides is 1. The van der Waals surface area contributed by atoms with E-state index in [0.717, 1.165) is 36.8 Å². The van der Waals surface area contributed by atoms with Gasteiger partial charge in [0.25, 0.3) is 0 Å². The van der Waals surface area contributed by atoms with Crippen molar-refractivity contribution >= 4 is 5.91 Å². The Kier molecular flexibility index (Phi) is 6.54. The average Bonchev–Trinajstić information content (AvgIpc) is 3.30. The first-order valence-electron chi connectivity index (χ1n) is 10.7. The third kappa shape index (κ3) is 4.94. The summed E-state index contributed by atoms with van der Waals surface area (Å²) >= 11 is 0. The lowest BCUT2D eigenvalue weighted by Crippen LogP contribution is -2.37. The molecule has 0 saturated heterocycles. The second kappa shape index (κ2) is 9.67. The van der Waals surface area contributed by atoms with Crippen LogP contribution in [-0.4, -0.2) is 27.6 Å². The molecule has 6 heteroatoms. The first kappa shape index (κ1) is 20.3. The maximum absolute atomic E-state index is 13.0. The fraction of sp³-hybridized carbons (Fsp3) is 0.375. The highest BCUT2D eigenvalue weighted by molar-refractivity contribution is 5.79. The lowest BCUT2D eigenvalue weighted by molar-refractivity contribution is -0.127. The van der Waals surface area contributed by atoms with Crippen molar-refractivity contribution in [3.05, 3.63) is 72.1 Å². The normalized spacial score (nSPS) is 19.9. The summed E-state index contributed by atoms with van der Waals surface area (Å²) < 4.78 is 0. The summed E-state index contributed by atoms with van der Waals surface area (Å²) in [5, 5.41) is 10.7. The van der Waals surface area contributed by atoms with Crippen molar-refractivity contribution in [3.63, 3.8) is 0 Å². The summed E-state index contributed by atoms with van der Waals surface area (Å²) in [6.07, 6.45) is 4.51. The second-order valence-electron chi connectivity index (χ2n) is 8.11. The number of hydrogen-bond donors (Lipinski definition) is 3. The Morgan fingerprint density at radius 1 is 1.03 bits per heavy atom. The number of nitrogens with zero attached hydrogens (tertiary/aromatic N) is 2. The summed E-state index contributed by atoms with van der Waals surface area (Å²) in [5.74, 6) is 2.02. The standard InChI is InChI=1S/C24H29N5O/c25-16-18-11-13-20(14-12-18)24(30)26-21(15-17-7-3-1-4-8-17)23-27-22(28-29-23)19-9-5-2-6-10-19/h1-10,18,20-21H,11-16,25H2,(H,26,30)(H,27,28,29). The van der Waals surface area contributed by atoms with E-state index in [4.69, 9.17) is 10.7 Å². The summed E-state index contributed by atoms with van der Waals surface area (Å²) in [4.78, 5) is 17.7. The van der Waals surface area contributed by atoms with E-state index in [1.807, 2.05) is 48.5 Å². The number of aromatic nitrogens is 3. The number of hydrogen-bond acceptors (Lipinski definition) is 4. The third-order valence-electron chi connectivity index (χ3n) is 6.01. The molecular formula is C24H29N5O. The summed E-state index contributed by atoms with van der Waals surface area (Å²) in [5.41, 5.74) is 7.89. The van der Waals surface area contributed by atoms with Gasteiger partial charge in [0.05, 0.1) is 6.04 Å². The van der Waals surface area contributed by atoms with Gasteiger partial charge in [-0.3, -0.25) is 9.89 Å². The molecule has 0 spiro atoms. The Hall–Kier alpha value is -2.99. The van der Waals surface area contributed by atoms with Gasteiger partial charge in [-0.2, -0.15) is 5.10 Å². The summed E-state index contributed by atoms with van der Waals surface area (Å²) in [7, 11) is 0. The molecular weight excluding hydrogens is 374 g/mol. The number of nitrogens with one attached hydrogen (secondary N) is 2. The van der Waals surface area contributed by atoms with E-state index in [-0.39, 0.29) is 17.9 Å². The van der Waals surface area contributed by atoms with Crippen LogP contribution in [0.15, 0.2) is 60.7 Å². The maximum atomic E-state index is 13.0. The number of nitrogens with two attached hydrogens (primary N) is 1. The fourth-order valence-corrected chi connectivity index (χ4v) is 4.16. The van der Waals surface area contributed by atoms with E-state index in [1.165, 1.54) is 0 Å². The van der Waals surface area contributed by atoms with Crippen LogP contribution in [0.4, 0.5) is 0 Å². The molecule has 6 nitrogen and oxygen atoms in total. The van der Waals surface area contributed by atoms with Gasteiger partial charge in [-0.1, -0.05) is 60.7 Å². The van der Waals surface area contributed by atoms with Crippen LogP contribution in [0, 0.1) is 11.8 Å². The second-order valence-corrected chi connectivity index (χ2v) is 8.11. The highest BCUT2D eigenvalue weighted by Gasteiger charge is 2.28. The number of rotatable bonds is 7. The lowest BCUT2D eigenvalue weighted by Gasteiger charge is -2.28. The first-order chi connectivity index (χ1) is 14.7. The molecule has 1 amide bonds. The van der Waals surface area contributed by atoms with Crippen molar-refractivity contribution in [3.8, 4) is 11.4 Å². The molecule has 0 aliphatic heterocycles. The topological polar surface area (TPSA) is 96.7 Å². The van der Waals surface area contributed by atoms with Gasteiger partial charge in [0.2, 0.25) is 5.91 Å². The smallest absolute Gasteiger partial charge is 0.223 e. The van der Waals surface area contributed by atoms with Gasteiger partial charge in [0, 0.05) is 11.5 Å². The average molecular weight is 404 g/mol. The fourth-order valence-electron chi connectivity index (χ4n) is 4.16. The number of carbonyl (C=O) groups is 1. The zero-order valence-corrected chi connectivity index (χ0v) is 17.1. The number of benzene rings is 2. The highest BCUT2D eigenvalue weighted by Crippen LogP contribution is 2.29. The number of aromatic amines is 1. The Balaban J connectivity index is 1.51. The Labute approximate surface area is 177 Å². The third-order valence-corrected chi connectivity index (χ3v) is 6.01. The van der Waals surface area contributed by atoms with Crippen molar-refractivity contribution < 1.29 is 4.79 Å². The molecule has 1 atom stereocenters. The molecule has 1 saturated carbocycles. The molecule has 0 bridgehead atoms. The van der Waals surface area contributed by atoms with Crippen LogP contribution < -0.4 is 11.1 Å². The van der Waals surface area contributed by atoms with Crippen LogP contribution in [0.3, 0.4) is 0 Å². The molecule has 1 unspecified atom stereocenters. The van der Waals surface area contributed by atoms with Gasteiger partial charge in [0.15, 0.2) is 5.82 Å². The van der Waals surface area contributed by atoms with Crippen LogP contribution >= 0.6 is 0 Å². The maximum Gasteiger partial charge on any atom is 0.223 e. The predicted molar refractivity (Wildman–Crippen MR) is 117 cm³/mol. The zero-order chi connectivity index (χ0) is 20.8. The van der Waals surface area contributed by atoms with E-state index in [9.17, 15) is 4.79 Å². The molecule has 1 aromatic heterocycles. The van der Waals surface area contributed by atoms with Crippen LogP contribution in [0.25, 0.3) is 11.4 Å². The molecule has 3 aromatic rings. The number of carbonyl (C=O) groups excluding carboxylic acids is 1. The van der Waals surface area contributed by atoms with Crippen molar-refractivity contribution in [2.45, 2.75) is 38.1 Å². The van der Waals surface area contributed by atoms with Crippen molar-refractivity contribution in [1.29, 1.82) is 0 Å². The minimum Gasteiger partial charge on any atom is -0.346 e. The molecule has 1 fully saturated rings. The van der Waals surface area contributed by atoms with Gasteiger partial charge < -0.3 is 11.1 Å². The molecule has 1 heterocycles. The van der Waals surface area contributed by atoms with Gasteiger partial charge in [-0.05, 0) is 50.1 Å². The zero-order valence-electron chi connectivity index (χ0n) is 17.1. The van der Waals surface area contributed by atoms with Gasteiger partial charge >= 0.3 is 0 Å². The van der Waals surface area contributed by atoms with E-state index < -0.39 is 0 Å². The van der Waals surface area contributed by atoms with E-state index >= 15 is 0 Å². The molecule has 0 radical (unpaired) electrons. The first-order valence-corrected chi connectivity index (χ1v) is 10.7. The molecule has 30 heavy (non-hydrogen) atoms. The lowest BCUT2D eigenvalue weighted by atomic mass is 9.81. The van der Waals surface area contributed by atoms with Crippen molar-refractivity contribution in [2.75, 3.05) is 6.54 Å². The van der Waals surface area contributed by atoms with Gasteiger partial charge in [-0.15, -0.1) is 0 Å².